The number of amidine groups is 1. The molecule has 1 aliphatic rings. The van der Waals surface area contributed by atoms with Crippen LogP contribution in [0.15, 0.2) is 77.9 Å². The molecule has 3 aromatic rings. The Bertz CT molecular complexity index is 1400. The fraction of sp³-hybridized carbons (Fsp3) is 0.537. The van der Waals surface area contributed by atoms with Crippen LogP contribution in [-0.2, 0) is 19.0 Å². The first-order valence-corrected chi connectivity index (χ1v) is 19.1. The van der Waals surface area contributed by atoms with Gasteiger partial charge in [0, 0.05) is 49.8 Å². The van der Waals surface area contributed by atoms with Gasteiger partial charge in [-0.2, -0.15) is 0 Å². The van der Waals surface area contributed by atoms with Crippen LogP contribution in [0.3, 0.4) is 0 Å². The van der Waals surface area contributed by atoms with E-state index in [9.17, 15) is 4.79 Å². The number of hydrogen-bond acceptors (Lipinski definition) is 10. The first-order chi connectivity index (χ1) is 25.5. The molecule has 1 amide bonds. The van der Waals surface area contributed by atoms with Crippen molar-refractivity contribution in [2.24, 2.45) is 10.5 Å². The van der Waals surface area contributed by atoms with Gasteiger partial charge in [-0.3, -0.25) is 9.80 Å². The number of aromatic nitrogens is 1. The number of rotatable bonds is 27. The number of ether oxygens (including phenoxy) is 4. The summed E-state index contributed by atoms with van der Waals surface area (Å²) in [6.07, 6.45) is 8.03. The fourth-order valence-corrected chi connectivity index (χ4v) is 5.86. The maximum absolute atomic E-state index is 12.3. The minimum atomic E-state index is -0.142. The van der Waals surface area contributed by atoms with Crippen LogP contribution in [0.2, 0.25) is 0 Å². The van der Waals surface area contributed by atoms with Gasteiger partial charge in [0.2, 0.25) is 11.8 Å². The molecule has 0 saturated heterocycles. The average Bonchev–Trinajstić information content (AvgIpc) is 3.65. The van der Waals surface area contributed by atoms with Crippen LogP contribution in [0, 0.1) is 5.41 Å². The standard InChI is InChI=1S/C41H60N6O5/c1-4-5-25-49-28-30-51-31-29-50-26-16-23-42-38(48)21-12-14-24-47-40(44-45-46-47)41(2,3)22-13-15-27-52-39-33-36(34-17-8-6-9-18-34)32-37(43-39)35-19-10-7-11-20-35/h6-11,17-20,32-33,45-46H,4-5,12-16,21-31H2,1-3H3,(H,42,48). The first-order valence-electron chi connectivity index (χ1n) is 19.1. The number of hydrazine groups is 2. The molecule has 0 spiro atoms. The second-order valence-corrected chi connectivity index (χ2v) is 13.7. The molecule has 0 radical (unpaired) electrons. The number of hydrogen-bond donors (Lipinski definition) is 3. The molecule has 4 rings (SSSR count). The second-order valence-electron chi connectivity index (χ2n) is 13.7. The smallest absolute Gasteiger partial charge is 0.219 e. The number of unbranched alkanes of at least 4 members (excludes halogenated alkanes) is 3. The Kier molecular flexibility index (Phi) is 18.4. The van der Waals surface area contributed by atoms with E-state index in [1.807, 2.05) is 42.5 Å². The lowest BCUT2D eigenvalue weighted by Gasteiger charge is -2.30. The van der Waals surface area contributed by atoms with Gasteiger partial charge in [0.1, 0.15) is 5.84 Å². The summed E-state index contributed by atoms with van der Waals surface area (Å²) in [5.41, 5.74) is 10.1. The Morgan fingerprint density at radius 2 is 1.42 bits per heavy atom. The molecule has 11 nitrogen and oxygen atoms in total. The van der Waals surface area contributed by atoms with Crippen LogP contribution in [0.1, 0.15) is 78.6 Å². The number of nitrogens with one attached hydrogen (secondary N) is 3. The van der Waals surface area contributed by atoms with Crippen molar-refractivity contribution >= 4 is 11.7 Å². The Hall–Kier alpha value is -4.03. The summed E-state index contributed by atoms with van der Waals surface area (Å²) in [6.45, 7) is 12.3. The third kappa shape index (κ3) is 14.9. The molecule has 0 fully saturated rings. The van der Waals surface area contributed by atoms with Crippen LogP contribution in [0.4, 0.5) is 0 Å². The Balaban J connectivity index is 1.07. The highest BCUT2D eigenvalue weighted by Crippen LogP contribution is 2.30. The lowest BCUT2D eigenvalue weighted by atomic mass is 9.85. The molecule has 0 aliphatic carbocycles. The van der Waals surface area contributed by atoms with Crippen LogP contribution in [-0.4, -0.2) is 81.1 Å². The van der Waals surface area contributed by atoms with Crippen molar-refractivity contribution in [2.75, 3.05) is 59.3 Å². The van der Waals surface area contributed by atoms with Crippen molar-refractivity contribution in [3.63, 3.8) is 0 Å². The Labute approximate surface area is 310 Å². The first kappa shape index (κ1) is 40.7. The van der Waals surface area contributed by atoms with E-state index in [2.05, 4.69) is 77.6 Å². The van der Waals surface area contributed by atoms with Gasteiger partial charge in [-0.05, 0) is 62.1 Å². The highest BCUT2D eigenvalue weighted by molar-refractivity contribution is 5.87. The summed E-state index contributed by atoms with van der Waals surface area (Å²) < 4.78 is 22.8. The number of nitrogens with zero attached hydrogens (tertiary/aromatic N) is 3. The molecule has 3 N–H and O–H groups in total. The molecule has 2 heterocycles. The maximum atomic E-state index is 12.3. The molecule has 2 aromatic carbocycles. The van der Waals surface area contributed by atoms with Gasteiger partial charge < -0.3 is 24.3 Å². The van der Waals surface area contributed by atoms with E-state index in [1.54, 1.807) is 0 Å². The van der Waals surface area contributed by atoms with Crippen molar-refractivity contribution in [1.82, 2.24) is 26.4 Å². The molecular formula is C41H60N6O5. The normalized spacial score (nSPS) is 12.8. The summed E-state index contributed by atoms with van der Waals surface area (Å²) in [5.74, 6) is 1.69. The van der Waals surface area contributed by atoms with Gasteiger partial charge >= 0.3 is 0 Å². The Morgan fingerprint density at radius 3 is 2.13 bits per heavy atom. The maximum Gasteiger partial charge on any atom is 0.219 e. The van der Waals surface area contributed by atoms with E-state index >= 15 is 0 Å². The average molecular weight is 717 g/mol. The topological polar surface area (TPSA) is 119 Å². The van der Waals surface area contributed by atoms with Crippen molar-refractivity contribution in [3.05, 3.63) is 72.8 Å². The van der Waals surface area contributed by atoms with Crippen LogP contribution < -0.4 is 21.1 Å². The predicted octanol–water partition coefficient (Wildman–Crippen LogP) is 7.16. The highest BCUT2D eigenvalue weighted by atomic mass is 16.5. The summed E-state index contributed by atoms with van der Waals surface area (Å²) in [6, 6.07) is 24.7. The molecule has 1 aliphatic heterocycles. The van der Waals surface area contributed by atoms with E-state index in [1.165, 1.54) is 0 Å². The van der Waals surface area contributed by atoms with Crippen molar-refractivity contribution < 1.29 is 23.7 Å². The summed E-state index contributed by atoms with van der Waals surface area (Å²) in [5, 5.41) is 9.63. The summed E-state index contributed by atoms with van der Waals surface area (Å²) in [4.78, 5) is 17.2. The Morgan fingerprint density at radius 1 is 0.750 bits per heavy atom. The fourth-order valence-electron chi connectivity index (χ4n) is 5.86. The van der Waals surface area contributed by atoms with E-state index in [-0.39, 0.29) is 11.3 Å². The molecule has 52 heavy (non-hydrogen) atoms. The number of carbonyl (C=O) groups is 1. The number of carbonyl (C=O) groups excluding carboxylic acids is 1. The van der Waals surface area contributed by atoms with Crippen molar-refractivity contribution in [3.8, 4) is 28.3 Å². The van der Waals surface area contributed by atoms with Crippen molar-refractivity contribution in [2.45, 2.75) is 78.6 Å². The quantitative estimate of drug-likeness (QED) is 0.0707. The largest absolute Gasteiger partial charge is 0.478 e. The van der Waals surface area contributed by atoms with Crippen LogP contribution in [0.5, 0.6) is 5.88 Å². The van der Waals surface area contributed by atoms with Gasteiger partial charge in [-0.15, -0.1) is 10.6 Å². The molecule has 0 unspecified atom stereocenters. The zero-order chi connectivity index (χ0) is 36.7. The molecule has 0 bridgehead atoms. The van der Waals surface area contributed by atoms with Gasteiger partial charge in [0.25, 0.3) is 0 Å². The third-order valence-electron chi connectivity index (χ3n) is 8.84. The van der Waals surface area contributed by atoms with E-state index < -0.39 is 0 Å². The van der Waals surface area contributed by atoms with E-state index in [4.69, 9.17) is 23.9 Å². The lowest BCUT2D eigenvalue weighted by Crippen LogP contribution is -2.46. The molecule has 1 aromatic heterocycles. The molecule has 284 valence electrons. The van der Waals surface area contributed by atoms with Gasteiger partial charge in [-0.1, -0.05) is 87.9 Å². The SMILES string of the molecule is CCCCOCCOCCOCCCNC(=O)CCCCN1NNN=C1C(C)(C)CCCCOc1cc(-c2ccccc2)cc(-c2ccccc2)n1. The minimum absolute atomic E-state index is 0.0774. The monoisotopic (exact) mass is 716 g/mol. The van der Waals surface area contributed by atoms with Gasteiger partial charge in [0.05, 0.1) is 38.7 Å². The summed E-state index contributed by atoms with van der Waals surface area (Å²) >= 11 is 0. The van der Waals surface area contributed by atoms with E-state index in [0.717, 1.165) is 92.7 Å². The minimum Gasteiger partial charge on any atom is -0.478 e. The lowest BCUT2D eigenvalue weighted by molar-refractivity contribution is -0.121. The third-order valence-corrected chi connectivity index (χ3v) is 8.84. The van der Waals surface area contributed by atoms with Crippen molar-refractivity contribution in [1.29, 1.82) is 0 Å². The predicted molar refractivity (Wildman–Crippen MR) is 207 cm³/mol. The summed E-state index contributed by atoms with van der Waals surface area (Å²) in [7, 11) is 0. The molecule has 0 saturated carbocycles. The number of pyridine rings is 1. The molecular weight excluding hydrogens is 656 g/mol. The zero-order valence-electron chi connectivity index (χ0n) is 31.5. The van der Waals surface area contributed by atoms with E-state index in [0.29, 0.717) is 58.5 Å². The number of hydrazone groups is 1. The molecule has 0 atom stereocenters. The van der Waals surface area contributed by atoms with Gasteiger partial charge in [0.15, 0.2) is 0 Å². The van der Waals surface area contributed by atoms with Crippen LogP contribution >= 0.6 is 0 Å². The zero-order valence-corrected chi connectivity index (χ0v) is 31.5. The molecule has 11 heteroatoms. The number of amides is 1. The van der Waals surface area contributed by atoms with Gasteiger partial charge in [-0.25, -0.2) is 10.5 Å². The van der Waals surface area contributed by atoms with Crippen LogP contribution in [0.25, 0.3) is 22.4 Å². The second kappa shape index (κ2) is 23.5. The highest BCUT2D eigenvalue weighted by Gasteiger charge is 2.32. The number of benzene rings is 2.